The number of ether oxygens (including phenoxy) is 2. The Labute approximate surface area is 132 Å². The largest absolute Gasteiger partial charge is 0.493 e. The van der Waals surface area contributed by atoms with E-state index in [9.17, 15) is 4.79 Å². The number of fused-ring (bicyclic) bond motifs is 1. The average molecular weight is 311 g/mol. The zero-order valence-corrected chi connectivity index (χ0v) is 12.9. The Kier molecular flexibility index (Phi) is 4.14. The summed E-state index contributed by atoms with van der Waals surface area (Å²) in [5.41, 5.74) is 2.91. The maximum atomic E-state index is 11.3. The fourth-order valence-electron chi connectivity index (χ4n) is 2.29. The molecule has 0 aliphatic carbocycles. The van der Waals surface area contributed by atoms with E-state index in [1.54, 1.807) is 13.3 Å². The van der Waals surface area contributed by atoms with Crippen molar-refractivity contribution in [3.05, 3.63) is 52.4 Å². The van der Waals surface area contributed by atoms with Gasteiger partial charge in [-0.2, -0.15) is 0 Å². The Bertz CT molecular complexity index is 909. The third-order valence-electron chi connectivity index (χ3n) is 3.35. The standard InChI is InChI=1S/C17H17N3O3/c1-3-23-15-7-4-11(8-16(15)22-2)10-18-12-5-6-13-14(9-12)20-17(21)19-13/h4-10H,3H2,1-2H3,(H2,19,20,21). The van der Waals surface area contributed by atoms with Crippen LogP contribution in [0, 0.1) is 0 Å². The topological polar surface area (TPSA) is 79.5 Å². The molecule has 3 rings (SSSR count). The number of benzene rings is 2. The van der Waals surface area contributed by atoms with Gasteiger partial charge in [-0.3, -0.25) is 4.99 Å². The lowest BCUT2D eigenvalue weighted by atomic mass is 10.2. The van der Waals surface area contributed by atoms with Crippen molar-refractivity contribution in [1.29, 1.82) is 0 Å². The van der Waals surface area contributed by atoms with Gasteiger partial charge in [0.1, 0.15) is 0 Å². The summed E-state index contributed by atoms with van der Waals surface area (Å²) in [4.78, 5) is 21.1. The van der Waals surface area contributed by atoms with E-state index in [-0.39, 0.29) is 5.69 Å². The number of hydrogen-bond acceptors (Lipinski definition) is 4. The molecule has 2 aromatic carbocycles. The van der Waals surface area contributed by atoms with Crippen molar-refractivity contribution < 1.29 is 9.47 Å². The van der Waals surface area contributed by atoms with E-state index in [1.807, 2.05) is 43.3 Å². The van der Waals surface area contributed by atoms with Crippen LogP contribution in [0.15, 0.2) is 46.2 Å². The summed E-state index contributed by atoms with van der Waals surface area (Å²) in [7, 11) is 1.61. The third kappa shape index (κ3) is 3.26. The third-order valence-corrected chi connectivity index (χ3v) is 3.35. The summed E-state index contributed by atoms with van der Waals surface area (Å²) in [5.74, 6) is 1.37. The second kappa shape index (κ2) is 6.39. The molecule has 0 fully saturated rings. The van der Waals surface area contributed by atoms with Crippen LogP contribution >= 0.6 is 0 Å². The Morgan fingerprint density at radius 2 is 1.91 bits per heavy atom. The van der Waals surface area contributed by atoms with Crippen molar-refractivity contribution in [3.63, 3.8) is 0 Å². The lowest BCUT2D eigenvalue weighted by Gasteiger charge is -2.09. The molecule has 23 heavy (non-hydrogen) atoms. The Balaban J connectivity index is 1.87. The van der Waals surface area contributed by atoms with E-state index in [0.29, 0.717) is 18.1 Å². The van der Waals surface area contributed by atoms with E-state index in [1.165, 1.54) is 0 Å². The van der Waals surface area contributed by atoms with Gasteiger partial charge in [-0.05, 0) is 48.9 Å². The van der Waals surface area contributed by atoms with Crippen molar-refractivity contribution in [2.24, 2.45) is 4.99 Å². The zero-order valence-electron chi connectivity index (χ0n) is 12.9. The summed E-state index contributed by atoms with van der Waals surface area (Å²) in [6.07, 6.45) is 1.74. The van der Waals surface area contributed by atoms with Crippen LogP contribution < -0.4 is 15.2 Å². The van der Waals surface area contributed by atoms with Crippen molar-refractivity contribution in [2.45, 2.75) is 6.92 Å². The molecule has 0 aliphatic rings. The van der Waals surface area contributed by atoms with Gasteiger partial charge in [0.25, 0.3) is 0 Å². The number of rotatable bonds is 5. The quantitative estimate of drug-likeness (QED) is 0.711. The molecule has 0 amide bonds. The fraction of sp³-hybridized carbons (Fsp3) is 0.176. The minimum atomic E-state index is -0.225. The van der Waals surface area contributed by atoms with Gasteiger partial charge in [0.15, 0.2) is 11.5 Å². The number of hydrogen-bond donors (Lipinski definition) is 2. The van der Waals surface area contributed by atoms with Gasteiger partial charge >= 0.3 is 5.69 Å². The molecule has 0 atom stereocenters. The highest BCUT2D eigenvalue weighted by atomic mass is 16.5. The van der Waals surface area contributed by atoms with Crippen molar-refractivity contribution in [2.75, 3.05) is 13.7 Å². The fourth-order valence-corrected chi connectivity index (χ4v) is 2.29. The highest BCUT2D eigenvalue weighted by molar-refractivity contribution is 5.85. The number of H-pyrrole nitrogens is 2. The minimum absolute atomic E-state index is 0.225. The molecule has 0 saturated heterocycles. The van der Waals surface area contributed by atoms with E-state index in [2.05, 4.69) is 15.0 Å². The molecular formula is C17H17N3O3. The Morgan fingerprint density at radius 3 is 2.70 bits per heavy atom. The summed E-state index contributed by atoms with van der Waals surface area (Å²) < 4.78 is 10.8. The predicted molar refractivity (Wildman–Crippen MR) is 90.3 cm³/mol. The normalized spacial score (nSPS) is 11.2. The van der Waals surface area contributed by atoms with Gasteiger partial charge in [0.2, 0.25) is 0 Å². The predicted octanol–water partition coefficient (Wildman–Crippen LogP) is 3.01. The van der Waals surface area contributed by atoms with Crippen LogP contribution in [0.25, 0.3) is 11.0 Å². The van der Waals surface area contributed by atoms with Gasteiger partial charge in [-0.15, -0.1) is 0 Å². The minimum Gasteiger partial charge on any atom is -0.493 e. The number of methoxy groups -OCH3 is 1. The van der Waals surface area contributed by atoms with E-state index in [0.717, 1.165) is 22.3 Å². The van der Waals surface area contributed by atoms with Crippen LogP contribution in [0.2, 0.25) is 0 Å². The summed E-state index contributed by atoms with van der Waals surface area (Å²) in [5, 5.41) is 0. The van der Waals surface area contributed by atoms with E-state index >= 15 is 0 Å². The average Bonchev–Trinajstić information content (AvgIpc) is 2.93. The maximum absolute atomic E-state index is 11.3. The van der Waals surface area contributed by atoms with E-state index in [4.69, 9.17) is 9.47 Å². The van der Waals surface area contributed by atoms with Crippen LogP contribution in [-0.4, -0.2) is 29.9 Å². The van der Waals surface area contributed by atoms with Gasteiger partial charge in [-0.25, -0.2) is 4.79 Å². The number of aliphatic imine (C=N–C) groups is 1. The summed E-state index contributed by atoms with van der Waals surface area (Å²) in [6.45, 7) is 2.51. The van der Waals surface area contributed by atoms with Gasteiger partial charge < -0.3 is 19.4 Å². The number of aromatic nitrogens is 2. The van der Waals surface area contributed by atoms with Crippen molar-refractivity contribution in [3.8, 4) is 11.5 Å². The summed E-state index contributed by atoms with van der Waals surface area (Å²) >= 11 is 0. The number of nitrogens with zero attached hydrogens (tertiary/aromatic N) is 1. The first kappa shape index (κ1) is 14.9. The molecule has 0 bridgehead atoms. The molecule has 0 radical (unpaired) electrons. The second-order valence-electron chi connectivity index (χ2n) is 4.91. The molecule has 1 heterocycles. The van der Waals surface area contributed by atoms with Crippen LogP contribution in [-0.2, 0) is 0 Å². The molecule has 6 nitrogen and oxygen atoms in total. The Hall–Kier alpha value is -3.02. The Morgan fingerprint density at radius 1 is 1.09 bits per heavy atom. The molecule has 118 valence electrons. The van der Waals surface area contributed by atoms with Crippen LogP contribution in [0.4, 0.5) is 5.69 Å². The molecule has 2 N–H and O–H groups in total. The highest BCUT2D eigenvalue weighted by Crippen LogP contribution is 2.27. The monoisotopic (exact) mass is 311 g/mol. The number of nitrogens with one attached hydrogen (secondary N) is 2. The molecule has 0 aliphatic heterocycles. The number of aromatic amines is 2. The highest BCUT2D eigenvalue weighted by Gasteiger charge is 2.04. The lowest BCUT2D eigenvalue weighted by Crippen LogP contribution is -1.99. The smallest absolute Gasteiger partial charge is 0.323 e. The SMILES string of the molecule is CCOc1ccc(C=Nc2ccc3[nH]c(=O)[nH]c3c2)cc1OC. The molecular weight excluding hydrogens is 294 g/mol. The molecule has 3 aromatic rings. The van der Waals surface area contributed by atoms with Gasteiger partial charge in [0, 0.05) is 6.21 Å². The lowest BCUT2D eigenvalue weighted by molar-refractivity contribution is 0.311. The zero-order chi connectivity index (χ0) is 16.2. The first-order valence-electron chi connectivity index (χ1n) is 7.26. The molecule has 6 heteroatoms. The number of imidazole rings is 1. The molecule has 1 aromatic heterocycles. The molecule has 0 unspecified atom stereocenters. The van der Waals surface area contributed by atoms with Crippen LogP contribution in [0.1, 0.15) is 12.5 Å². The van der Waals surface area contributed by atoms with Crippen molar-refractivity contribution >= 4 is 22.9 Å². The van der Waals surface area contributed by atoms with Gasteiger partial charge in [0.05, 0.1) is 30.4 Å². The molecule has 0 saturated carbocycles. The maximum Gasteiger partial charge on any atom is 0.323 e. The summed E-state index contributed by atoms with van der Waals surface area (Å²) in [6, 6.07) is 11.1. The van der Waals surface area contributed by atoms with Crippen LogP contribution in [0.5, 0.6) is 11.5 Å². The van der Waals surface area contributed by atoms with E-state index < -0.39 is 0 Å². The van der Waals surface area contributed by atoms with Crippen molar-refractivity contribution in [1.82, 2.24) is 9.97 Å². The van der Waals surface area contributed by atoms with Crippen LogP contribution in [0.3, 0.4) is 0 Å². The van der Waals surface area contributed by atoms with Gasteiger partial charge in [-0.1, -0.05) is 0 Å². The second-order valence-corrected chi connectivity index (χ2v) is 4.91. The molecule has 0 spiro atoms. The first-order valence-corrected chi connectivity index (χ1v) is 7.26. The first-order chi connectivity index (χ1) is 11.2.